The monoisotopic (exact) mass is 230 g/mol. The maximum Gasteiger partial charge on any atom is 0.117 e. The zero-order chi connectivity index (χ0) is 12.1. The van der Waals surface area contributed by atoms with Gasteiger partial charge in [0, 0.05) is 10.5 Å². The Morgan fingerprint density at radius 3 is 2.75 bits per heavy atom. The number of hydrogen-bond donors (Lipinski definition) is 1. The molecule has 1 rings (SSSR count). The molecule has 0 unspecified atom stereocenters. The molecule has 0 saturated carbocycles. The lowest BCUT2D eigenvalue weighted by molar-refractivity contribution is 0.475. The number of thioether (sulfide) groups is 1. The van der Waals surface area contributed by atoms with Gasteiger partial charge in [-0.25, -0.2) is 0 Å². The minimum absolute atomic E-state index is 0.172. The van der Waals surface area contributed by atoms with Crippen LogP contribution < -0.4 is 0 Å². The third-order valence-corrected chi connectivity index (χ3v) is 3.14. The molecular weight excluding hydrogens is 216 g/mol. The second-order valence-electron chi connectivity index (χ2n) is 3.34. The first-order valence-electron chi connectivity index (χ1n) is 4.87. The van der Waals surface area contributed by atoms with Crippen LogP contribution in [-0.4, -0.2) is 5.11 Å². The topological polar surface area (TPSA) is 20.2 Å². The Morgan fingerprint density at radius 2 is 2.19 bits per heavy atom. The molecule has 0 saturated heterocycles. The normalized spacial score (nSPS) is 10.9. The Hall–Kier alpha value is -1.59. The van der Waals surface area contributed by atoms with Crippen LogP contribution in [0.2, 0.25) is 0 Å². The Bertz CT molecular complexity index is 478. The van der Waals surface area contributed by atoms with E-state index in [1.165, 1.54) is 0 Å². The highest BCUT2D eigenvalue weighted by Gasteiger charge is 2.04. The number of terminal acetylenes is 1. The third kappa shape index (κ3) is 3.22. The Labute approximate surface area is 101 Å². The number of allylic oxidation sites excluding steroid dienone is 2. The Kier molecular flexibility index (Phi) is 4.28. The van der Waals surface area contributed by atoms with E-state index in [-0.39, 0.29) is 5.75 Å². The van der Waals surface area contributed by atoms with E-state index in [2.05, 4.69) is 12.5 Å². The first-order chi connectivity index (χ1) is 7.56. The molecule has 82 valence electrons. The van der Waals surface area contributed by atoms with E-state index in [1.807, 2.05) is 26.0 Å². The molecule has 0 amide bonds. The van der Waals surface area contributed by atoms with Crippen LogP contribution in [-0.2, 0) is 0 Å². The SMILES string of the molecule is C#Cc1cc(O)cc(C(=C)S/C(C)=C\C)c1. The summed E-state index contributed by atoms with van der Waals surface area (Å²) in [4.78, 5) is 2.04. The van der Waals surface area contributed by atoms with Crippen molar-refractivity contribution in [2.24, 2.45) is 0 Å². The highest BCUT2D eigenvalue weighted by atomic mass is 32.2. The molecule has 1 nitrogen and oxygen atoms in total. The molecule has 16 heavy (non-hydrogen) atoms. The molecule has 0 heterocycles. The summed E-state index contributed by atoms with van der Waals surface area (Å²) in [6, 6.07) is 5.07. The van der Waals surface area contributed by atoms with E-state index in [1.54, 1.807) is 23.9 Å². The zero-order valence-electron chi connectivity index (χ0n) is 9.45. The largest absolute Gasteiger partial charge is 0.508 e. The van der Waals surface area contributed by atoms with E-state index < -0.39 is 0 Å². The molecule has 0 aromatic heterocycles. The van der Waals surface area contributed by atoms with Gasteiger partial charge in [0.15, 0.2) is 0 Å². The number of rotatable bonds is 3. The van der Waals surface area contributed by atoms with Gasteiger partial charge < -0.3 is 5.11 Å². The lowest BCUT2D eigenvalue weighted by atomic mass is 10.1. The maximum absolute atomic E-state index is 9.50. The predicted octanol–water partition coefficient (Wildman–Crippen LogP) is 4.00. The minimum atomic E-state index is 0.172. The van der Waals surface area contributed by atoms with Crippen LogP contribution in [0.3, 0.4) is 0 Å². The van der Waals surface area contributed by atoms with Crippen LogP contribution >= 0.6 is 11.8 Å². The van der Waals surface area contributed by atoms with Gasteiger partial charge in [-0.1, -0.05) is 30.3 Å². The van der Waals surface area contributed by atoms with Crippen molar-refractivity contribution < 1.29 is 5.11 Å². The summed E-state index contributed by atoms with van der Waals surface area (Å²) in [6.07, 6.45) is 7.32. The average Bonchev–Trinajstić information content (AvgIpc) is 2.27. The van der Waals surface area contributed by atoms with Gasteiger partial charge in [0.1, 0.15) is 5.75 Å². The zero-order valence-corrected chi connectivity index (χ0v) is 10.3. The van der Waals surface area contributed by atoms with Crippen molar-refractivity contribution in [1.29, 1.82) is 0 Å². The number of aromatic hydroxyl groups is 1. The standard InChI is InChI=1S/C14H14OS/c1-5-10(3)16-11(4)13-7-12(6-2)8-14(15)9-13/h2,5,7-9,15H,4H2,1,3H3/b10-5-. The van der Waals surface area contributed by atoms with Gasteiger partial charge in [-0.3, -0.25) is 0 Å². The number of phenolic OH excluding ortho intramolecular Hbond substituents is 1. The molecule has 0 aliphatic carbocycles. The summed E-state index contributed by atoms with van der Waals surface area (Å²) >= 11 is 1.57. The summed E-state index contributed by atoms with van der Waals surface area (Å²) < 4.78 is 0. The van der Waals surface area contributed by atoms with Gasteiger partial charge in [-0.05, 0) is 42.5 Å². The van der Waals surface area contributed by atoms with Gasteiger partial charge in [-0.15, -0.1) is 6.42 Å². The van der Waals surface area contributed by atoms with Crippen molar-refractivity contribution in [3.05, 3.63) is 46.9 Å². The summed E-state index contributed by atoms with van der Waals surface area (Å²) in [7, 11) is 0. The van der Waals surface area contributed by atoms with E-state index in [9.17, 15) is 5.11 Å². The van der Waals surface area contributed by atoms with E-state index >= 15 is 0 Å². The molecule has 0 atom stereocenters. The summed E-state index contributed by atoms with van der Waals surface area (Å²) in [6.45, 7) is 7.96. The minimum Gasteiger partial charge on any atom is -0.508 e. The fraction of sp³-hybridized carbons (Fsp3) is 0.143. The van der Waals surface area contributed by atoms with Crippen molar-refractivity contribution in [2.45, 2.75) is 13.8 Å². The first kappa shape index (κ1) is 12.5. The van der Waals surface area contributed by atoms with E-state index in [0.717, 1.165) is 15.4 Å². The van der Waals surface area contributed by atoms with Crippen LogP contribution in [0.4, 0.5) is 0 Å². The smallest absolute Gasteiger partial charge is 0.117 e. The quantitative estimate of drug-likeness (QED) is 0.792. The summed E-state index contributed by atoms with van der Waals surface area (Å²) in [5.41, 5.74) is 1.52. The molecule has 0 bridgehead atoms. The van der Waals surface area contributed by atoms with Crippen molar-refractivity contribution in [1.82, 2.24) is 0 Å². The van der Waals surface area contributed by atoms with E-state index in [4.69, 9.17) is 6.42 Å². The van der Waals surface area contributed by atoms with Crippen molar-refractivity contribution in [2.75, 3.05) is 0 Å². The predicted molar refractivity (Wildman–Crippen MR) is 72.1 cm³/mol. The van der Waals surface area contributed by atoms with E-state index in [0.29, 0.717) is 5.56 Å². The Balaban J connectivity index is 3.01. The van der Waals surface area contributed by atoms with Crippen LogP contribution in [0, 0.1) is 12.3 Å². The number of hydrogen-bond acceptors (Lipinski definition) is 2. The molecule has 1 N–H and O–H groups in total. The number of benzene rings is 1. The molecule has 0 aliphatic heterocycles. The molecule has 2 heteroatoms. The van der Waals surface area contributed by atoms with Crippen molar-refractivity contribution >= 4 is 16.7 Å². The molecule has 0 aliphatic rings. The first-order valence-corrected chi connectivity index (χ1v) is 5.69. The van der Waals surface area contributed by atoms with Crippen molar-refractivity contribution in [3.8, 4) is 18.1 Å². The second kappa shape index (κ2) is 5.48. The van der Waals surface area contributed by atoms with Gasteiger partial charge in [0.05, 0.1) is 0 Å². The van der Waals surface area contributed by atoms with Crippen LogP contribution in [0.5, 0.6) is 5.75 Å². The Morgan fingerprint density at radius 1 is 1.50 bits per heavy atom. The maximum atomic E-state index is 9.50. The molecule has 1 aromatic carbocycles. The number of phenols is 1. The van der Waals surface area contributed by atoms with Gasteiger partial charge >= 0.3 is 0 Å². The van der Waals surface area contributed by atoms with Crippen molar-refractivity contribution in [3.63, 3.8) is 0 Å². The third-order valence-electron chi connectivity index (χ3n) is 2.10. The van der Waals surface area contributed by atoms with Gasteiger partial charge in [-0.2, -0.15) is 0 Å². The lowest BCUT2D eigenvalue weighted by Gasteiger charge is -2.07. The molecule has 0 spiro atoms. The molecule has 1 aromatic rings. The van der Waals surface area contributed by atoms with Crippen LogP contribution in [0.15, 0.2) is 35.8 Å². The lowest BCUT2D eigenvalue weighted by Crippen LogP contribution is -1.82. The molecule has 0 radical (unpaired) electrons. The second-order valence-corrected chi connectivity index (χ2v) is 4.68. The summed E-state index contributed by atoms with van der Waals surface area (Å²) in [5.74, 6) is 2.68. The fourth-order valence-corrected chi connectivity index (χ4v) is 1.91. The molecule has 0 fully saturated rings. The van der Waals surface area contributed by atoms with Crippen LogP contribution in [0.25, 0.3) is 4.91 Å². The highest BCUT2D eigenvalue weighted by molar-refractivity contribution is 8.11. The fourth-order valence-electron chi connectivity index (χ4n) is 1.17. The highest BCUT2D eigenvalue weighted by Crippen LogP contribution is 2.33. The summed E-state index contributed by atoms with van der Waals surface area (Å²) in [5, 5.41) is 9.50. The van der Waals surface area contributed by atoms with Crippen LogP contribution in [0.1, 0.15) is 25.0 Å². The van der Waals surface area contributed by atoms with Gasteiger partial charge in [0.25, 0.3) is 0 Å². The van der Waals surface area contributed by atoms with Gasteiger partial charge in [0.2, 0.25) is 0 Å². The average molecular weight is 230 g/mol. The molecular formula is C14H14OS.